The van der Waals surface area contributed by atoms with Gasteiger partial charge in [-0.1, -0.05) is 42.5 Å². The summed E-state index contributed by atoms with van der Waals surface area (Å²) in [6.45, 7) is 0. The van der Waals surface area contributed by atoms with Gasteiger partial charge in [0.05, 0.1) is 0 Å². The average molecular weight is 159 g/mol. The third kappa shape index (κ3) is 4.73. The van der Waals surface area contributed by atoms with Crippen molar-refractivity contribution in [3.8, 4) is 0 Å². The number of hydrogen-bond acceptors (Lipinski definition) is 0. The first-order valence-electron chi connectivity index (χ1n) is 4.53. The van der Waals surface area contributed by atoms with Crippen LogP contribution in [0.5, 0.6) is 0 Å². The van der Waals surface area contributed by atoms with E-state index < -0.39 is 0 Å². The highest BCUT2D eigenvalue weighted by Crippen LogP contribution is 1.98. The van der Waals surface area contributed by atoms with E-state index in [1.807, 2.05) is 6.08 Å². The van der Waals surface area contributed by atoms with E-state index in [1.165, 1.54) is 0 Å². The molecule has 0 aromatic carbocycles. The maximum atomic E-state index is 3.12. The van der Waals surface area contributed by atoms with Gasteiger partial charge < -0.3 is 0 Å². The fourth-order valence-corrected chi connectivity index (χ4v) is 1.03. The first kappa shape index (κ1) is 9.05. The van der Waals surface area contributed by atoms with Gasteiger partial charge in [0.1, 0.15) is 0 Å². The van der Waals surface area contributed by atoms with E-state index >= 15 is 0 Å². The lowest BCUT2D eigenvalue weighted by molar-refractivity contribution is 1.04. The van der Waals surface area contributed by atoms with Gasteiger partial charge in [-0.15, -0.1) is 0 Å². The molecule has 0 aromatic rings. The Bertz CT molecular complexity index is 204. The molecule has 0 N–H and O–H groups in total. The fourth-order valence-electron chi connectivity index (χ4n) is 1.03. The summed E-state index contributed by atoms with van der Waals surface area (Å²) in [5, 5.41) is 0. The summed E-state index contributed by atoms with van der Waals surface area (Å²) in [6, 6.07) is 0. The monoisotopic (exact) mass is 159 g/mol. The molecular formula is C12H15. The maximum absolute atomic E-state index is 3.12. The number of hydrogen-bond donors (Lipinski definition) is 0. The zero-order valence-electron chi connectivity index (χ0n) is 7.37. The Morgan fingerprint density at radius 1 is 0.750 bits per heavy atom. The molecular weight excluding hydrogens is 144 g/mol. The summed E-state index contributed by atoms with van der Waals surface area (Å²) < 4.78 is 0. The van der Waals surface area contributed by atoms with Crippen LogP contribution in [-0.2, 0) is 0 Å². The zero-order chi connectivity index (χ0) is 8.49. The van der Waals surface area contributed by atoms with Gasteiger partial charge in [0, 0.05) is 0 Å². The molecule has 0 aromatic heterocycles. The normalized spacial score (nSPS) is 29.3. The van der Waals surface area contributed by atoms with E-state index in [9.17, 15) is 0 Å². The molecule has 0 heteroatoms. The minimum absolute atomic E-state index is 0.998. The Kier molecular flexibility index (Phi) is 5.02. The summed E-state index contributed by atoms with van der Waals surface area (Å²) in [7, 11) is 0. The van der Waals surface area contributed by atoms with E-state index in [2.05, 4.69) is 42.5 Å². The molecule has 0 heterocycles. The van der Waals surface area contributed by atoms with E-state index in [4.69, 9.17) is 0 Å². The smallest absolute Gasteiger partial charge is 0.0160 e. The Hall–Kier alpha value is -1.04. The second-order valence-corrected chi connectivity index (χ2v) is 2.76. The van der Waals surface area contributed by atoms with Crippen molar-refractivity contribution in [3.63, 3.8) is 0 Å². The van der Waals surface area contributed by atoms with Crippen molar-refractivity contribution in [1.82, 2.24) is 0 Å². The zero-order valence-corrected chi connectivity index (χ0v) is 7.37. The Morgan fingerprint density at radius 3 is 2.50 bits per heavy atom. The predicted octanol–water partition coefficient (Wildman–Crippen LogP) is 3.59. The van der Waals surface area contributed by atoms with Gasteiger partial charge in [-0.3, -0.25) is 0 Å². The largest absolute Gasteiger partial charge is 0.0879 e. The van der Waals surface area contributed by atoms with Crippen molar-refractivity contribution >= 4 is 0 Å². The van der Waals surface area contributed by atoms with Gasteiger partial charge in [0.25, 0.3) is 0 Å². The van der Waals surface area contributed by atoms with Crippen LogP contribution in [0.2, 0.25) is 0 Å². The summed E-state index contributed by atoms with van der Waals surface area (Å²) in [6.07, 6.45) is 22.5. The van der Waals surface area contributed by atoms with E-state index in [0.717, 1.165) is 25.7 Å². The van der Waals surface area contributed by atoms with E-state index in [1.54, 1.807) is 0 Å². The first-order chi connectivity index (χ1) is 6.00. The van der Waals surface area contributed by atoms with E-state index in [0.29, 0.717) is 0 Å². The molecule has 1 aliphatic carbocycles. The van der Waals surface area contributed by atoms with Gasteiger partial charge in [0.15, 0.2) is 0 Å². The Balaban J connectivity index is 2.41. The SMILES string of the molecule is [C]1=C/C/C=C\C/C=C\CC\C=C/1. The lowest BCUT2D eigenvalue weighted by Crippen LogP contribution is -1.67. The number of allylic oxidation sites excluding steroid dienone is 8. The number of rotatable bonds is 0. The fraction of sp³-hybridized carbons (Fsp3) is 0.333. The van der Waals surface area contributed by atoms with Crippen LogP contribution in [0, 0.1) is 6.08 Å². The molecule has 0 nitrogen and oxygen atoms in total. The molecule has 0 saturated heterocycles. The Labute approximate surface area is 75.0 Å². The second kappa shape index (κ2) is 6.66. The van der Waals surface area contributed by atoms with Crippen LogP contribution in [0.1, 0.15) is 25.7 Å². The molecule has 0 atom stereocenters. The molecule has 1 radical (unpaired) electrons. The molecule has 0 fully saturated rings. The molecule has 12 heavy (non-hydrogen) atoms. The molecule has 0 spiro atoms. The molecule has 1 aliphatic rings. The van der Waals surface area contributed by atoms with Crippen molar-refractivity contribution in [2.75, 3.05) is 0 Å². The van der Waals surface area contributed by atoms with Crippen molar-refractivity contribution in [2.24, 2.45) is 0 Å². The molecule has 0 saturated carbocycles. The molecule has 0 unspecified atom stereocenters. The third-order valence-electron chi connectivity index (χ3n) is 1.69. The van der Waals surface area contributed by atoms with Gasteiger partial charge in [-0.2, -0.15) is 0 Å². The maximum Gasteiger partial charge on any atom is -0.0160 e. The van der Waals surface area contributed by atoms with Gasteiger partial charge >= 0.3 is 0 Å². The molecule has 0 amide bonds. The molecule has 0 aliphatic heterocycles. The van der Waals surface area contributed by atoms with Crippen LogP contribution in [0.15, 0.2) is 42.5 Å². The lowest BCUT2D eigenvalue weighted by atomic mass is 10.2. The van der Waals surface area contributed by atoms with Gasteiger partial charge in [0.2, 0.25) is 0 Å². The highest BCUT2D eigenvalue weighted by molar-refractivity contribution is 5.02. The summed E-state index contributed by atoms with van der Waals surface area (Å²) in [5.41, 5.74) is 0. The first-order valence-corrected chi connectivity index (χ1v) is 4.53. The highest BCUT2D eigenvalue weighted by Gasteiger charge is 1.78. The van der Waals surface area contributed by atoms with Crippen molar-refractivity contribution in [2.45, 2.75) is 25.7 Å². The molecule has 1 rings (SSSR count). The van der Waals surface area contributed by atoms with Crippen LogP contribution in [0.4, 0.5) is 0 Å². The quantitative estimate of drug-likeness (QED) is 0.474. The van der Waals surface area contributed by atoms with Gasteiger partial charge in [-0.25, -0.2) is 0 Å². The summed E-state index contributed by atoms with van der Waals surface area (Å²) >= 11 is 0. The van der Waals surface area contributed by atoms with Crippen LogP contribution in [-0.4, -0.2) is 0 Å². The van der Waals surface area contributed by atoms with Crippen molar-refractivity contribution in [3.05, 3.63) is 48.6 Å². The molecule has 0 bridgehead atoms. The average Bonchev–Trinajstić information content (AvgIpc) is 2.05. The third-order valence-corrected chi connectivity index (χ3v) is 1.69. The second-order valence-electron chi connectivity index (χ2n) is 2.76. The van der Waals surface area contributed by atoms with Crippen molar-refractivity contribution < 1.29 is 0 Å². The summed E-state index contributed by atoms with van der Waals surface area (Å²) in [5.74, 6) is 0. The summed E-state index contributed by atoms with van der Waals surface area (Å²) in [4.78, 5) is 0. The standard InChI is InChI=1S/C12H15/c1-2-4-6-8-10-12-11-9-7-5-3-1/h1-2,5-7,10,12H,3-4,9,11H2/b2-1-,7-5-,8-6?,12-10-. The topological polar surface area (TPSA) is 0 Å². The molecule has 63 valence electrons. The van der Waals surface area contributed by atoms with Crippen LogP contribution < -0.4 is 0 Å². The predicted molar refractivity (Wildman–Crippen MR) is 53.7 cm³/mol. The highest BCUT2D eigenvalue weighted by atomic mass is 13.8. The Morgan fingerprint density at radius 2 is 1.50 bits per heavy atom. The van der Waals surface area contributed by atoms with Crippen molar-refractivity contribution in [1.29, 1.82) is 0 Å². The van der Waals surface area contributed by atoms with Gasteiger partial charge in [-0.05, 0) is 31.8 Å². The minimum Gasteiger partial charge on any atom is -0.0879 e. The van der Waals surface area contributed by atoms with Crippen LogP contribution in [0.3, 0.4) is 0 Å². The van der Waals surface area contributed by atoms with Crippen LogP contribution in [0.25, 0.3) is 0 Å². The lowest BCUT2D eigenvalue weighted by Gasteiger charge is -1.87. The van der Waals surface area contributed by atoms with E-state index in [-0.39, 0.29) is 0 Å². The minimum atomic E-state index is 0.998. The van der Waals surface area contributed by atoms with Crippen LogP contribution >= 0.6 is 0 Å².